The second-order valence-electron chi connectivity index (χ2n) is 4.17. The van der Waals surface area contributed by atoms with Gasteiger partial charge in [-0.25, -0.2) is 13.2 Å². The number of carbonyl (C=O) groups excluding carboxylic acids is 2. The summed E-state index contributed by atoms with van der Waals surface area (Å²) in [7, 11) is -3.06. The molecule has 2 N–H and O–H groups in total. The van der Waals surface area contributed by atoms with E-state index in [-0.39, 0.29) is 16.2 Å². The van der Waals surface area contributed by atoms with Crippen LogP contribution in [0.5, 0.6) is 0 Å². The lowest BCUT2D eigenvalue weighted by atomic mass is 10.2. The molecule has 122 valence electrons. The van der Waals surface area contributed by atoms with Gasteiger partial charge in [-0.15, -0.1) is 4.83 Å². The monoisotopic (exact) mass is 402 g/mol. The average Bonchev–Trinajstić information content (AvgIpc) is 3.06. The first-order valence-corrected chi connectivity index (χ1v) is 8.36. The van der Waals surface area contributed by atoms with Crippen molar-refractivity contribution in [1.29, 1.82) is 0 Å². The highest BCUT2D eigenvalue weighted by molar-refractivity contribution is 9.10. The predicted molar refractivity (Wildman–Crippen MR) is 82.0 cm³/mol. The van der Waals surface area contributed by atoms with E-state index >= 15 is 0 Å². The van der Waals surface area contributed by atoms with Crippen LogP contribution in [-0.4, -0.2) is 27.4 Å². The maximum Gasteiger partial charge on any atom is 0.339 e. The van der Waals surface area contributed by atoms with Crippen molar-refractivity contribution in [2.24, 2.45) is 0 Å². The second-order valence-corrected chi connectivity index (χ2v) is 6.74. The molecule has 0 unspecified atom stereocenters. The van der Waals surface area contributed by atoms with Crippen molar-refractivity contribution in [2.75, 3.05) is 7.11 Å². The zero-order valence-electron chi connectivity index (χ0n) is 11.7. The Morgan fingerprint density at radius 3 is 2.61 bits per heavy atom. The number of benzene rings is 1. The van der Waals surface area contributed by atoms with Gasteiger partial charge in [0.15, 0.2) is 5.76 Å². The quantitative estimate of drug-likeness (QED) is 0.577. The fourth-order valence-corrected chi connectivity index (χ4v) is 3.02. The van der Waals surface area contributed by atoms with Crippen molar-refractivity contribution in [1.82, 2.24) is 10.3 Å². The molecule has 10 heteroatoms. The van der Waals surface area contributed by atoms with Crippen LogP contribution in [0.3, 0.4) is 0 Å². The molecule has 0 aliphatic heterocycles. The fourth-order valence-electron chi connectivity index (χ4n) is 1.64. The standard InChI is InChI=1S/C13H11BrN2O6S/c1-21-13(18)9-7-8(14)4-5-11(9)23(19,20)16-15-12(17)10-3-2-6-22-10/h2-7,16H,1H3,(H,15,17). The summed E-state index contributed by atoms with van der Waals surface area (Å²) in [5.74, 6) is -1.68. The molecule has 2 aromatic rings. The van der Waals surface area contributed by atoms with Crippen molar-refractivity contribution in [3.63, 3.8) is 0 Å². The van der Waals surface area contributed by atoms with E-state index in [1.54, 1.807) is 0 Å². The Labute approximate surface area is 140 Å². The first-order chi connectivity index (χ1) is 10.8. The summed E-state index contributed by atoms with van der Waals surface area (Å²) in [5, 5.41) is 0. The van der Waals surface area contributed by atoms with E-state index in [0.717, 1.165) is 7.11 Å². The Morgan fingerprint density at radius 2 is 2.00 bits per heavy atom. The Balaban J connectivity index is 2.26. The number of sulfonamides is 1. The van der Waals surface area contributed by atoms with Crippen molar-refractivity contribution in [2.45, 2.75) is 4.90 Å². The molecule has 0 radical (unpaired) electrons. The first-order valence-electron chi connectivity index (χ1n) is 6.08. The number of rotatable bonds is 5. The van der Waals surface area contributed by atoms with E-state index in [1.807, 2.05) is 10.3 Å². The van der Waals surface area contributed by atoms with E-state index in [9.17, 15) is 18.0 Å². The number of carbonyl (C=O) groups is 2. The maximum absolute atomic E-state index is 12.3. The lowest BCUT2D eigenvalue weighted by Gasteiger charge is -2.11. The Bertz CT molecular complexity index is 832. The molecule has 0 atom stereocenters. The number of nitrogens with one attached hydrogen (secondary N) is 2. The van der Waals surface area contributed by atoms with Gasteiger partial charge >= 0.3 is 11.9 Å². The minimum Gasteiger partial charge on any atom is -0.465 e. The van der Waals surface area contributed by atoms with Crippen LogP contribution in [0.15, 0.2) is 50.4 Å². The molecule has 0 aliphatic carbocycles. The third-order valence-electron chi connectivity index (χ3n) is 2.68. The zero-order chi connectivity index (χ0) is 17.0. The molecule has 1 heterocycles. The van der Waals surface area contributed by atoms with Crippen LogP contribution in [-0.2, 0) is 14.8 Å². The third-order valence-corrected chi connectivity index (χ3v) is 4.48. The van der Waals surface area contributed by atoms with E-state index < -0.39 is 21.9 Å². The van der Waals surface area contributed by atoms with E-state index in [2.05, 4.69) is 20.7 Å². The molecular weight excluding hydrogens is 392 g/mol. The summed E-state index contributed by atoms with van der Waals surface area (Å²) >= 11 is 3.14. The summed E-state index contributed by atoms with van der Waals surface area (Å²) in [5.41, 5.74) is 1.81. The van der Waals surface area contributed by atoms with Gasteiger partial charge in [0.1, 0.15) is 0 Å². The van der Waals surface area contributed by atoms with Gasteiger partial charge < -0.3 is 9.15 Å². The van der Waals surface area contributed by atoms with Gasteiger partial charge in [0.05, 0.1) is 23.8 Å². The average molecular weight is 403 g/mol. The van der Waals surface area contributed by atoms with Crippen LogP contribution in [0.1, 0.15) is 20.9 Å². The van der Waals surface area contributed by atoms with Gasteiger partial charge in [-0.1, -0.05) is 15.9 Å². The van der Waals surface area contributed by atoms with Crippen LogP contribution in [0.2, 0.25) is 0 Å². The third kappa shape index (κ3) is 3.97. The van der Waals surface area contributed by atoms with E-state index in [1.165, 1.54) is 36.6 Å². The maximum atomic E-state index is 12.3. The fraction of sp³-hybridized carbons (Fsp3) is 0.0769. The number of hydrogen-bond donors (Lipinski definition) is 2. The predicted octanol–water partition coefficient (Wildman–Crippen LogP) is 1.45. The minimum absolute atomic E-state index is 0.0725. The highest BCUT2D eigenvalue weighted by atomic mass is 79.9. The Kier molecular flexibility index (Phi) is 5.19. The molecule has 8 nitrogen and oxygen atoms in total. The molecule has 23 heavy (non-hydrogen) atoms. The lowest BCUT2D eigenvalue weighted by molar-refractivity contribution is 0.0596. The number of esters is 1. The number of furan rings is 1. The van der Waals surface area contributed by atoms with Gasteiger partial charge in [0, 0.05) is 4.47 Å². The molecule has 0 spiro atoms. The largest absolute Gasteiger partial charge is 0.465 e. The second kappa shape index (κ2) is 6.94. The van der Waals surface area contributed by atoms with Crippen LogP contribution in [0, 0.1) is 0 Å². The highest BCUT2D eigenvalue weighted by Crippen LogP contribution is 2.21. The summed E-state index contributed by atoms with van der Waals surface area (Å²) in [4.78, 5) is 25.0. The smallest absolute Gasteiger partial charge is 0.339 e. The topological polar surface area (TPSA) is 115 Å². The van der Waals surface area contributed by atoms with Crippen LogP contribution in [0.4, 0.5) is 0 Å². The normalized spacial score (nSPS) is 11.0. The number of ether oxygens (including phenoxy) is 1. The molecule has 0 bridgehead atoms. The number of halogens is 1. The summed E-state index contributed by atoms with van der Waals surface area (Å²) < 4.78 is 34.4. The number of hydrazine groups is 1. The summed E-state index contributed by atoms with van der Waals surface area (Å²) in [6.07, 6.45) is 1.27. The van der Waals surface area contributed by atoms with Gasteiger partial charge in [-0.2, -0.15) is 0 Å². The Hall–Kier alpha value is -2.17. The van der Waals surface area contributed by atoms with Crippen molar-refractivity contribution < 1.29 is 27.2 Å². The summed E-state index contributed by atoms with van der Waals surface area (Å²) in [6.45, 7) is 0. The van der Waals surface area contributed by atoms with Crippen molar-refractivity contribution in [3.8, 4) is 0 Å². The molecule has 1 aromatic heterocycles. The molecule has 1 aromatic carbocycles. The highest BCUT2D eigenvalue weighted by Gasteiger charge is 2.24. The SMILES string of the molecule is COC(=O)c1cc(Br)ccc1S(=O)(=O)NNC(=O)c1ccco1. The molecule has 0 fully saturated rings. The number of hydrogen-bond acceptors (Lipinski definition) is 6. The molecule has 0 saturated heterocycles. The first kappa shape index (κ1) is 17.2. The van der Waals surface area contributed by atoms with Crippen molar-refractivity contribution in [3.05, 3.63) is 52.4 Å². The van der Waals surface area contributed by atoms with E-state index in [0.29, 0.717) is 4.47 Å². The summed E-state index contributed by atoms with van der Waals surface area (Å²) in [6, 6.07) is 6.79. The molecule has 2 rings (SSSR count). The van der Waals surface area contributed by atoms with Gasteiger partial charge in [-0.05, 0) is 30.3 Å². The van der Waals surface area contributed by atoms with Gasteiger partial charge in [0.25, 0.3) is 10.0 Å². The molecule has 1 amide bonds. The Morgan fingerprint density at radius 1 is 1.26 bits per heavy atom. The zero-order valence-corrected chi connectivity index (χ0v) is 14.1. The van der Waals surface area contributed by atoms with Crippen molar-refractivity contribution >= 4 is 37.8 Å². The molecule has 0 saturated carbocycles. The number of methoxy groups -OCH3 is 1. The number of amides is 1. The van der Waals surface area contributed by atoms with Gasteiger partial charge in [0.2, 0.25) is 0 Å². The molecular formula is C13H11BrN2O6S. The lowest BCUT2D eigenvalue weighted by Crippen LogP contribution is -2.41. The van der Waals surface area contributed by atoms with Crippen LogP contribution < -0.4 is 10.3 Å². The van der Waals surface area contributed by atoms with Crippen LogP contribution in [0.25, 0.3) is 0 Å². The van der Waals surface area contributed by atoms with E-state index in [4.69, 9.17) is 4.42 Å². The minimum atomic E-state index is -4.19. The molecule has 0 aliphatic rings. The van der Waals surface area contributed by atoms with Gasteiger partial charge in [-0.3, -0.25) is 10.2 Å². The van der Waals surface area contributed by atoms with Crippen LogP contribution >= 0.6 is 15.9 Å².